The summed E-state index contributed by atoms with van der Waals surface area (Å²) >= 11 is 26.3. The highest BCUT2D eigenvalue weighted by Crippen LogP contribution is 2.48. The van der Waals surface area contributed by atoms with Crippen molar-refractivity contribution >= 4 is 97.8 Å². The number of amides is 1. The zero-order valence-electron chi connectivity index (χ0n) is 41.4. The van der Waals surface area contributed by atoms with E-state index in [9.17, 15) is 14.4 Å². The third-order valence-corrected chi connectivity index (χ3v) is 13.8. The highest BCUT2D eigenvalue weighted by Gasteiger charge is 2.38. The number of rotatable bonds is 16. The summed E-state index contributed by atoms with van der Waals surface area (Å²) in [5, 5.41) is 13.1. The number of ketones is 2. The van der Waals surface area contributed by atoms with Gasteiger partial charge in [-0.3, -0.25) is 9.59 Å². The zero-order chi connectivity index (χ0) is 52.7. The van der Waals surface area contributed by atoms with Crippen LogP contribution in [0.15, 0.2) is 86.2 Å². The monoisotopic (exact) mass is 1070 g/mol. The Morgan fingerprint density at radius 3 is 1.52 bits per heavy atom. The van der Waals surface area contributed by atoms with E-state index in [-0.39, 0.29) is 41.9 Å². The molecule has 0 spiro atoms. The molecule has 2 aliphatic rings. The maximum Gasteiger partial charge on any atom is 0.410 e. The van der Waals surface area contributed by atoms with Crippen molar-refractivity contribution in [2.75, 3.05) is 65.3 Å². The van der Waals surface area contributed by atoms with E-state index in [1.54, 1.807) is 43.6 Å². The molecular weight excluding hydrogens is 1020 g/mol. The molecule has 2 saturated heterocycles. The average Bonchev–Trinajstić information content (AvgIpc) is 3.99. The lowest BCUT2D eigenvalue weighted by Gasteiger charge is -2.24. The van der Waals surface area contributed by atoms with E-state index in [2.05, 4.69) is 49.0 Å². The number of halogens is 4. The van der Waals surface area contributed by atoms with E-state index in [4.69, 9.17) is 70.1 Å². The van der Waals surface area contributed by atoms with Gasteiger partial charge < -0.3 is 44.5 Å². The zero-order valence-corrected chi connectivity index (χ0v) is 44.4. The molecule has 3 N–H and O–H groups in total. The molecule has 4 heterocycles. The number of carbonyl (C=O) groups is 3. The number of benzene rings is 4. The first-order valence-corrected chi connectivity index (χ1v) is 24.7. The Hall–Kier alpha value is -6.43. The molecule has 4 atom stereocenters. The molecule has 384 valence electrons. The molecule has 2 aliphatic heterocycles. The average molecular weight is 1070 g/mol. The Labute approximate surface area is 443 Å². The second-order valence-corrected chi connectivity index (χ2v) is 19.8. The summed E-state index contributed by atoms with van der Waals surface area (Å²) in [4.78, 5) is 56.6. The third kappa shape index (κ3) is 12.7. The molecule has 1 amide bonds. The topological polar surface area (TPSA) is 188 Å². The molecule has 2 aromatic heterocycles. The van der Waals surface area contributed by atoms with Crippen LogP contribution in [0.2, 0.25) is 20.1 Å². The van der Waals surface area contributed by atoms with Crippen molar-refractivity contribution in [2.45, 2.75) is 51.3 Å². The number of nitrogens with zero attached hydrogens (tertiary/aromatic N) is 5. The number of hydrogen-bond acceptors (Lipinski definition) is 15. The summed E-state index contributed by atoms with van der Waals surface area (Å²) < 4.78 is 27.1. The Bertz CT molecular complexity index is 3020. The van der Waals surface area contributed by atoms with Gasteiger partial charge >= 0.3 is 6.09 Å². The van der Waals surface area contributed by atoms with Crippen LogP contribution in [-0.2, 0) is 14.3 Å². The lowest BCUT2D eigenvalue weighted by molar-refractivity contribution is -0.116. The van der Waals surface area contributed by atoms with Crippen molar-refractivity contribution in [1.29, 1.82) is 0 Å². The van der Waals surface area contributed by atoms with Gasteiger partial charge in [0, 0.05) is 103 Å². The van der Waals surface area contributed by atoms with Crippen molar-refractivity contribution in [2.24, 2.45) is 11.8 Å². The second-order valence-electron chi connectivity index (χ2n) is 18.3. The van der Waals surface area contributed by atoms with Crippen molar-refractivity contribution in [3.8, 4) is 45.3 Å². The highest BCUT2D eigenvalue weighted by atomic mass is 35.5. The van der Waals surface area contributed by atoms with Crippen LogP contribution in [-0.4, -0.2) is 115 Å². The van der Waals surface area contributed by atoms with Gasteiger partial charge in [-0.1, -0.05) is 71.7 Å². The predicted octanol–water partition coefficient (Wildman–Crippen LogP) is 11.2. The summed E-state index contributed by atoms with van der Waals surface area (Å²) in [5.41, 5.74) is 3.56. The van der Waals surface area contributed by atoms with Crippen LogP contribution < -0.4 is 34.9 Å². The quantitative estimate of drug-likeness (QED) is 0.0776. The van der Waals surface area contributed by atoms with Crippen molar-refractivity contribution < 1.29 is 38.1 Å². The highest BCUT2D eigenvalue weighted by molar-refractivity contribution is 6.42. The number of likely N-dealkylation sites (tertiary alicyclic amines) is 1. The number of hydrogen-bond donors (Lipinski definition) is 3. The molecule has 6 aromatic rings. The van der Waals surface area contributed by atoms with Gasteiger partial charge in [0.15, 0.2) is 11.6 Å². The second kappa shape index (κ2) is 23.6. The largest absolute Gasteiger partial charge is 0.495 e. The standard InChI is InChI=1S/C29H32Cl2N4O5.C24H24Cl2N4O3/c1-7-19(36)11-18-14-35(28(37)40-29(2,3)4)15-21(18)34-27-32-13-17-10-16(8-9-20(17)33-27)24-25(30)22(38-5)12-23(39-6)26(24)31;1-4-16(31)8-15-10-27-12-18(15)30-24-28-11-14-7-13(5-6-17(14)29-24)21-22(25)19(32-2)9-20(33-3)23(21)26/h7-10,12-13,18,21H,1,11,14-15H2,2-6H3,(H,32,33,34);4-7,9,11,15,18,27H,1,8,10,12H2,2-3H3,(H,28,29,30). The number of allylic oxidation sites excluding steroid dienone is 2. The number of aromatic nitrogens is 4. The van der Waals surface area contributed by atoms with Gasteiger partial charge in [-0.25, -0.2) is 24.7 Å². The summed E-state index contributed by atoms with van der Waals surface area (Å²) in [7, 11) is 6.13. The number of anilines is 2. The smallest absolute Gasteiger partial charge is 0.410 e. The molecule has 16 nitrogen and oxygen atoms in total. The van der Waals surface area contributed by atoms with Gasteiger partial charge in [-0.05, 0) is 68.3 Å². The third-order valence-electron chi connectivity index (χ3n) is 12.3. The molecule has 4 unspecified atom stereocenters. The summed E-state index contributed by atoms with van der Waals surface area (Å²) in [5.74, 6) is 2.65. The van der Waals surface area contributed by atoms with E-state index in [1.807, 2.05) is 57.2 Å². The maximum atomic E-state index is 12.7. The van der Waals surface area contributed by atoms with Crippen LogP contribution in [0.5, 0.6) is 23.0 Å². The Balaban J connectivity index is 0.000000218. The van der Waals surface area contributed by atoms with E-state index in [0.717, 1.165) is 40.5 Å². The first-order chi connectivity index (χ1) is 34.9. The van der Waals surface area contributed by atoms with Gasteiger partial charge in [0.1, 0.15) is 28.6 Å². The van der Waals surface area contributed by atoms with Gasteiger partial charge in [-0.2, -0.15) is 0 Å². The number of methoxy groups -OCH3 is 4. The summed E-state index contributed by atoms with van der Waals surface area (Å²) in [6.45, 7) is 14.8. The van der Waals surface area contributed by atoms with Gasteiger partial charge in [-0.15, -0.1) is 0 Å². The Morgan fingerprint density at radius 2 is 1.10 bits per heavy atom. The molecule has 20 heteroatoms. The lowest BCUT2D eigenvalue weighted by Crippen LogP contribution is -2.36. The first-order valence-electron chi connectivity index (χ1n) is 23.1. The molecule has 8 rings (SSSR count). The first kappa shape index (κ1) is 54.3. The van der Waals surface area contributed by atoms with Crippen LogP contribution in [0.3, 0.4) is 0 Å². The normalized spacial score (nSPS) is 17.3. The molecule has 0 bridgehead atoms. The van der Waals surface area contributed by atoms with Crippen LogP contribution >= 0.6 is 46.4 Å². The van der Waals surface area contributed by atoms with Crippen LogP contribution in [0.4, 0.5) is 16.7 Å². The molecule has 0 saturated carbocycles. The minimum atomic E-state index is -0.625. The molecular formula is C53H56Cl4N8O8. The molecule has 0 radical (unpaired) electrons. The SMILES string of the molecule is C=CC(=O)CC1CN(C(=O)OC(C)(C)C)CC1Nc1ncc2cc(-c3c(Cl)c(OC)cc(OC)c3Cl)ccc2n1.C=CC(=O)CC1CNCC1Nc1ncc2cc(-c3c(Cl)c(OC)cc(OC)c3Cl)ccc2n1. The minimum Gasteiger partial charge on any atom is -0.495 e. The molecule has 2 fully saturated rings. The fourth-order valence-corrected chi connectivity index (χ4v) is 10.1. The van der Waals surface area contributed by atoms with E-state index >= 15 is 0 Å². The Morgan fingerprint density at radius 1 is 0.658 bits per heavy atom. The summed E-state index contributed by atoms with van der Waals surface area (Å²) in [6.07, 6.45) is 6.37. The Kier molecular flexibility index (Phi) is 17.6. The van der Waals surface area contributed by atoms with Gasteiger partial charge in [0.05, 0.1) is 65.6 Å². The number of fused-ring (bicyclic) bond motifs is 2. The van der Waals surface area contributed by atoms with Gasteiger partial charge in [0.25, 0.3) is 0 Å². The minimum absolute atomic E-state index is 0.0361. The number of ether oxygens (including phenoxy) is 5. The molecule has 4 aromatic carbocycles. The molecule has 73 heavy (non-hydrogen) atoms. The lowest BCUT2D eigenvalue weighted by atomic mass is 9.97. The molecule has 0 aliphatic carbocycles. The summed E-state index contributed by atoms with van der Waals surface area (Å²) in [6, 6.07) is 14.4. The van der Waals surface area contributed by atoms with E-state index in [1.165, 1.54) is 26.4 Å². The van der Waals surface area contributed by atoms with Gasteiger partial charge in [0.2, 0.25) is 11.9 Å². The van der Waals surface area contributed by atoms with Crippen molar-refractivity contribution in [3.05, 3.63) is 106 Å². The maximum absolute atomic E-state index is 12.7. The van der Waals surface area contributed by atoms with E-state index in [0.29, 0.717) is 91.1 Å². The van der Waals surface area contributed by atoms with Crippen molar-refractivity contribution in [1.82, 2.24) is 30.2 Å². The van der Waals surface area contributed by atoms with Crippen molar-refractivity contribution in [3.63, 3.8) is 0 Å². The fourth-order valence-electron chi connectivity index (χ4n) is 8.64. The van der Waals surface area contributed by atoms with Crippen LogP contribution in [0.1, 0.15) is 33.6 Å². The number of carbonyl (C=O) groups excluding carboxylic acids is 3. The van der Waals surface area contributed by atoms with E-state index < -0.39 is 11.7 Å². The predicted molar refractivity (Wildman–Crippen MR) is 288 cm³/mol. The number of nitrogens with one attached hydrogen (secondary N) is 3. The van der Waals surface area contributed by atoms with Crippen LogP contribution in [0.25, 0.3) is 44.1 Å². The fraction of sp³-hybridized carbons (Fsp3) is 0.340. The van der Waals surface area contributed by atoms with Crippen LogP contribution in [0, 0.1) is 11.8 Å².